The Morgan fingerprint density at radius 2 is 1.94 bits per heavy atom. The second-order valence-electron chi connectivity index (χ2n) is 9.73. The number of benzene rings is 1. The number of carbonyl (C=O) groups excluding carboxylic acids is 1. The van der Waals surface area contributed by atoms with Crippen molar-refractivity contribution >= 4 is 28.3 Å². The third-order valence-electron chi connectivity index (χ3n) is 7.18. The zero-order chi connectivity index (χ0) is 22.4. The number of amides is 1. The number of aryl methyl sites for hydroxylation is 1. The zero-order valence-electron chi connectivity index (χ0n) is 18.9. The molecule has 3 aliphatic rings. The number of hydrogen-bond acceptors (Lipinski definition) is 6. The Labute approximate surface area is 193 Å². The van der Waals surface area contributed by atoms with Crippen LogP contribution in [0.3, 0.4) is 0 Å². The summed E-state index contributed by atoms with van der Waals surface area (Å²) in [5.74, 6) is 0.750. The van der Waals surface area contributed by atoms with Gasteiger partial charge < -0.3 is 16.0 Å². The van der Waals surface area contributed by atoms with Gasteiger partial charge in [0.15, 0.2) is 0 Å². The smallest absolute Gasteiger partial charge is 0.228 e. The van der Waals surface area contributed by atoms with Crippen LogP contribution in [0.2, 0.25) is 0 Å². The molecule has 0 radical (unpaired) electrons. The average molecular weight is 443 g/mol. The van der Waals surface area contributed by atoms with E-state index in [1.54, 1.807) is 0 Å². The highest BCUT2D eigenvalue weighted by atomic mass is 16.2. The highest BCUT2D eigenvalue weighted by Gasteiger charge is 2.30. The minimum atomic E-state index is 0.0534. The SMILES string of the molecule is N[C@H]1CCN(c2c3c(nc4ccc(-c5cc(NC(=O)C6CC6)ncn5)cc24)CCCCC3)C1. The largest absolute Gasteiger partial charge is 0.369 e. The molecule has 1 aromatic carbocycles. The Morgan fingerprint density at radius 3 is 2.76 bits per heavy atom. The highest BCUT2D eigenvalue weighted by molar-refractivity contribution is 5.97. The topological polar surface area (TPSA) is 97.0 Å². The summed E-state index contributed by atoms with van der Waals surface area (Å²) in [4.78, 5) is 28.5. The van der Waals surface area contributed by atoms with Gasteiger partial charge in [-0.3, -0.25) is 9.78 Å². The van der Waals surface area contributed by atoms with E-state index in [2.05, 4.69) is 38.4 Å². The van der Waals surface area contributed by atoms with Crippen molar-refractivity contribution < 1.29 is 4.79 Å². The van der Waals surface area contributed by atoms with E-state index in [0.29, 0.717) is 5.82 Å². The van der Waals surface area contributed by atoms with Crippen LogP contribution in [0.4, 0.5) is 11.5 Å². The van der Waals surface area contributed by atoms with Crippen molar-refractivity contribution in [2.45, 2.75) is 57.4 Å². The van der Waals surface area contributed by atoms with Crippen LogP contribution >= 0.6 is 0 Å². The molecule has 1 aliphatic heterocycles. The summed E-state index contributed by atoms with van der Waals surface area (Å²) in [7, 11) is 0. The molecule has 1 amide bonds. The molecule has 0 bridgehead atoms. The van der Waals surface area contributed by atoms with Crippen molar-refractivity contribution in [3.05, 3.63) is 41.9 Å². The zero-order valence-corrected chi connectivity index (χ0v) is 18.9. The standard InChI is InChI=1S/C26H30N6O/c27-18-10-11-32(14-18)25-19-4-2-1-3-5-21(19)30-22-9-8-17(12-20(22)25)23-13-24(29-15-28-23)31-26(33)16-6-7-16/h8-9,12-13,15-16,18H,1-7,10-11,14,27H2,(H,28,29,31,33)/t18-/m0/s1. The van der Waals surface area contributed by atoms with Crippen LogP contribution in [0, 0.1) is 5.92 Å². The Hall–Kier alpha value is -3.06. The number of hydrogen-bond donors (Lipinski definition) is 2. The molecule has 0 unspecified atom stereocenters. The third kappa shape index (κ3) is 4.06. The summed E-state index contributed by atoms with van der Waals surface area (Å²) in [5, 5.41) is 4.11. The van der Waals surface area contributed by atoms with Crippen LogP contribution in [0.15, 0.2) is 30.6 Å². The van der Waals surface area contributed by atoms with Gasteiger partial charge in [-0.2, -0.15) is 0 Å². The number of rotatable bonds is 4. The highest BCUT2D eigenvalue weighted by Crippen LogP contribution is 2.38. The van der Waals surface area contributed by atoms with E-state index in [-0.39, 0.29) is 17.9 Å². The first-order valence-electron chi connectivity index (χ1n) is 12.2. The molecular weight excluding hydrogens is 412 g/mol. The second-order valence-corrected chi connectivity index (χ2v) is 9.73. The number of anilines is 2. The number of aromatic nitrogens is 3. The van der Waals surface area contributed by atoms with E-state index in [0.717, 1.165) is 62.0 Å². The maximum Gasteiger partial charge on any atom is 0.228 e. The lowest BCUT2D eigenvalue weighted by Crippen LogP contribution is -2.27. The maximum absolute atomic E-state index is 12.2. The van der Waals surface area contributed by atoms with Gasteiger partial charge >= 0.3 is 0 Å². The number of nitrogens with zero attached hydrogens (tertiary/aromatic N) is 4. The molecule has 3 N–H and O–H groups in total. The van der Waals surface area contributed by atoms with Crippen molar-refractivity contribution in [1.29, 1.82) is 0 Å². The molecule has 2 aromatic heterocycles. The maximum atomic E-state index is 12.2. The van der Waals surface area contributed by atoms with Crippen molar-refractivity contribution in [1.82, 2.24) is 15.0 Å². The van der Waals surface area contributed by atoms with Gasteiger partial charge in [-0.1, -0.05) is 12.5 Å². The van der Waals surface area contributed by atoms with Crippen LogP contribution in [-0.2, 0) is 17.6 Å². The molecule has 1 saturated heterocycles. The van der Waals surface area contributed by atoms with Crippen molar-refractivity contribution in [2.24, 2.45) is 11.7 Å². The van der Waals surface area contributed by atoms with Gasteiger partial charge in [0.1, 0.15) is 12.1 Å². The van der Waals surface area contributed by atoms with Crippen LogP contribution in [0.25, 0.3) is 22.2 Å². The van der Waals surface area contributed by atoms with Gasteiger partial charge in [-0.05, 0) is 62.6 Å². The normalized spacial score (nSPS) is 20.5. The predicted octanol–water partition coefficient (Wildman–Crippen LogP) is 3.85. The fourth-order valence-electron chi connectivity index (χ4n) is 5.24. The molecule has 1 atom stereocenters. The van der Waals surface area contributed by atoms with E-state index in [9.17, 15) is 4.79 Å². The minimum absolute atomic E-state index is 0.0534. The van der Waals surface area contributed by atoms with Crippen molar-refractivity contribution in [2.75, 3.05) is 23.3 Å². The summed E-state index contributed by atoms with van der Waals surface area (Å²) < 4.78 is 0. The molecule has 2 fully saturated rings. The molecule has 0 spiro atoms. The fraction of sp³-hybridized carbons (Fsp3) is 0.462. The van der Waals surface area contributed by atoms with E-state index >= 15 is 0 Å². The molecule has 3 heterocycles. The number of fused-ring (bicyclic) bond motifs is 2. The van der Waals surface area contributed by atoms with E-state index in [1.165, 1.54) is 47.9 Å². The van der Waals surface area contributed by atoms with Gasteiger partial charge in [0, 0.05) is 47.8 Å². The number of carbonyl (C=O) groups is 1. The molecule has 33 heavy (non-hydrogen) atoms. The monoisotopic (exact) mass is 442 g/mol. The first-order valence-corrected chi connectivity index (χ1v) is 12.2. The number of pyridine rings is 1. The fourth-order valence-corrected chi connectivity index (χ4v) is 5.24. The summed E-state index contributed by atoms with van der Waals surface area (Å²) in [6, 6.07) is 8.48. The van der Waals surface area contributed by atoms with E-state index < -0.39 is 0 Å². The lowest BCUT2D eigenvalue weighted by molar-refractivity contribution is -0.117. The van der Waals surface area contributed by atoms with Crippen LogP contribution < -0.4 is 16.0 Å². The van der Waals surface area contributed by atoms with Gasteiger partial charge in [0.05, 0.1) is 16.9 Å². The second kappa shape index (κ2) is 8.37. The summed E-state index contributed by atoms with van der Waals surface area (Å²) in [6.45, 7) is 1.88. The molecule has 1 saturated carbocycles. The summed E-state index contributed by atoms with van der Waals surface area (Å²) in [6.07, 6.45) is 10.3. The third-order valence-corrected chi connectivity index (χ3v) is 7.18. The van der Waals surface area contributed by atoms with Crippen molar-refractivity contribution in [3.63, 3.8) is 0 Å². The average Bonchev–Trinajstić information content (AvgIpc) is 3.62. The molecule has 6 rings (SSSR count). The first-order chi connectivity index (χ1) is 16.2. The van der Waals surface area contributed by atoms with Gasteiger partial charge in [-0.25, -0.2) is 9.97 Å². The Bertz CT molecular complexity index is 1220. The number of nitrogens with one attached hydrogen (secondary N) is 1. The number of nitrogens with two attached hydrogens (primary N) is 1. The molecule has 3 aromatic rings. The van der Waals surface area contributed by atoms with Gasteiger partial charge in [0.25, 0.3) is 0 Å². The van der Waals surface area contributed by atoms with Gasteiger partial charge in [0.2, 0.25) is 5.91 Å². The molecule has 7 heteroatoms. The molecular formula is C26H30N6O. The quantitative estimate of drug-likeness (QED) is 0.596. The predicted molar refractivity (Wildman–Crippen MR) is 130 cm³/mol. The Balaban J connectivity index is 1.44. The Morgan fingerprint density at radius 1 is 1.06 bits per heavy atom. The van der Waals surface area contributed by atoms with Crippen LogP contribution in [0.5, 0.6) is 0 Å². The minimum Gasteiger partial charge on any atom is -0.369 e. The molecule has 2 aliphatic carbocycles. The Kier molecular flexibility index (Phi) is 5.21. The van der Waals surface area contributed by atoms with Gasteiger partial charge in [-0.15, -0.1) is 0 Å². The van der Waals surface area contributed by atoms with E-state index in [1.807, 2.05) is 6.07 Å². The lowest BCUT2D eigenvalue weighted by atomic mass is 9.98. The van der Waals surface area contributed by atoms with Crippen molar-refractivity contribution in [3.8, 4) is 11.3 Å². The summed E-state index contributed by atoms with van der Waals surface area (Å²) in [5.41, 5.74) is 13.1. The van der Waals surface area contributed by atoms with Crippen LogP contribution in [-0.4, -0.2) is 40.0 Å². The first kappa shape index (κ1) is 20.5. The molecule has 170 valence electrons. The van der Waals surface area contributed by atoms with Crippen LogP contribution in [0.1, 0.15) is 49.8 Å². The molecule has 7 nitrogen and oxygen atoms in total. The van der Waals surface area contributed by atoms with E-state index in [4.69, 9.17) is 10.7 Å². The summed E-state index contributed by atoms with van der Waals surface area (Å²) >= 11 is 0. The lowest BCUT2D eigenvalue weighted by Gasteiger charge is -2.25.